The first kappa shape index (κ1) is 14.4. The van der Waals surface area contributed by atoms with Gasteiger partial charge in [-0.1, -0.05) is 26.1 Å². The molecule has 0 atom stereocenters. The molecule has 88 valence electrons. The predicted octanol–water partition coefficient (Wildman–Crippen LogP) is 2.56. The molecule has 0 unspecified atom stereocenters. The Hall–Kier alpha value is -0.643. The van der Waals surface area contributed by atoms with E-state index in [1.165, 1.54) is 7.11 Å². The van der Waals surface area contributed by atoms with Gasteiger partial charge in [-0.3, -0.25) is 4.79 Å². The summed E-state index contributed by atoms with van der Waals surface area (Å²) in [6, 6.07) is 0. The summed E-state index contributed by atoms with van der Waals surface area (Å²) in [5.41, 5.74) is 0. The molecule has 0 amide bonds. The number of carbonyl (C=O) groups excluding carboxylic acids is 2. The van der Waals surface area contributed by atoms with Crippen LogP contribution in [0.4, 0.5) is 0 Å². The Kier molecular flexibility index (Phi) is 6.48. The topological polar surface area (TPSA) is 43.4 Å². The maximum Gasteiger partial charge on any atom is 0.305 e. The van der Waals surface area contributed by atoms with Gasteiger partial charge in [0.25, 0.3) is 0 Å². The van der Waals surface area contributed by atoms with Gasteiger partial charge in [0.05, 0.1) is 7.11 Å². The van der Waals surface area contributed by atoms with E-state index in [0.717, 1.165) is 19.3 Å². The Morgan fingerprint density at radius 1 is 1.00 bits per heavy atom. The first-order valence-corrected chi connectivity index (χ1v) is 8.98. The highest BCUT2D eigenvalue weighted by atomic mass is 28.3. The Morgan fingerprint density at radius 3 is 2.00 bits per heavy atom. The van der Waals surface area contributed by atoms with Crippen molar-refractivity contribution >= 4 is 19.4 Å². The number of unbranched alkanes of at least 4 members (excludes halogenated alkanes) is 2. The lowest BCUT2D eigenvalue weighted by Gasteiger charge is -2.13. The number of rotatable bonds is 7. The van der Waals surface area contributed by atoms with E-state index in [0.29, 0.717) is 18.2 Å². The number of esters is 1. The van der Waals surface area contributed by atoms with Crippen LogP contribution in [0.5, 0.6) is 0 Å². The molecule has 0 aliphatic carbocycles. The molecule has 15 heavy (non-hydrogen) atoms. The fourth-order valence-electron chi connectivity index (χ4n) is 1.21. The molecule has 0 saturated heterocycles. The van der Waals surface area contributed by atoms with Crippen molar-refractivity contribution in [3.05, 3.63) is 0 Å². The molecular weight excluding hydrogens is 208 g/mol. The third-order valence-corrected chi connectivity index (χ3v) is 4.27. The predicted molar refractivity (Wildman–Crippen MR) is 63.5 cm³/mol. The highest BCUT2D eigenvalue weighted by molar-refractivity contribution is 7.03. The molecule has 3 nitrogen and oxygen atoms in total. The van der Waals surface area contributed by atoms with E-state index in [2.05, 4.69) is 24.4 Å². The van der Waals surface area contributed by atoms with E-state index >= 15 is 0 Å². The molecule has 4 heteroatoms. The van der Waals surface area contributed by atoms with Crippen LogP contribution in [0, 0.1) is 0 Å². The molecule has 0 spiro atoms. The minimum absolute atomic E-state index is 0.161. The maximum atomic E-state index is 11.6. The van der Waals surface area contributed by atoms with Gasteiger partial charge in [-0.2, -0.15) is 0 Å². The Balaban J connectivity index is 3.48. The summed E-state index contributed by atoms with van der Waals surface area (Å²) in [6.07, 6.45) is 3.81. The second-order valence-electron chi connectivity index (χ2n) is 4.81. The normalized spacial score (nSPS) is 11.2. The molecule has 0 radical (unpaired) electrons. The third-order valence-electron chi connectivity index (χ3n) is 2.35. The molecule has 0 fully saturated rings. The molecule has 0 aromatic rings. The number of carbonyl (C=O) groups is 2. The Morgan fingerprint density at radius 2 is 1.53 bits per heavy atom. The van der Waals surface area contributed by atoms with Crippen molar-refractivity contribution in [2.75, 3.05) is 7.11 Å². The minimum Gasteiger partial charge on any atom is -0.469 e. The van der Waals surface area contributed by atoms with E-state index < -0.39 is 8.07 Å². The first-order chi connectivity index (χ1) is 6.88. The summed E-state index contributed by atoms with van der Waals surface area (Å²) in [7, 11) is -0.180. The van der Waals surface area contributed by atoms with Crippen LogP contribution in [-0.2, 0) is 14.3 Å². The number of hydrogen-bond acceptors (Lipinski definition) is 3. The van der Waals surface area contributed by atoms with Gasteiger partial charge in [0, 0.05) is 12.8 Å². The fourth-order valence-corrected chi connectivity index (χ4v) is 2.14. The number of ether oxygens (including phenoxy) is 1. The van der Waals surface area contributed by atoms with Crippen molar-refractivity contribution in [2.45, 2.75) is 51.7 Å². The van der Waals surface area contributed by atoms with Gasteiger partial charge in [0.1, 0.15) is 13.5 Å². The lowest BCUT2D eigenvalue weighted by molar-refractivity contribution is -0.140. The van der Waals surface area contributed by atoms with E-state index in [4.69, 9.17) is 0 Å². The van der Waals surface area contributed by atoms with E-state index in [9.17, 15) is 9.59 Å². The first-order valence-electron chi connectivity index (χ1n) is 5.48. The largest absolute Gasteiger partial charge is 0.469 e. The van der Waals surface area contributed by atoms with Gasteiger partial charge in [-0.25, -0.2) is 0 Å². The van der Waals surface area contributed by atoms with Crippen molar-refractivity contribution < 1.29 is 14.3 Å². The summed E-state index contributed by atoms with van der Waals surface area (Å²) in [5, 5.41) is 0.431. The van der Waals surface area contributed by atoms with Crippen molar-refractivity contribution in [2.24, 2.45) is 0 Å². The van der Waals surface area contributed by atoms with Crippen molar-refractivity contribution in [3.63, 3.8) is 0 Å². The smallest absolute Gasteiger partial charge is 0.305 e. The highest BCUT2D eigenvalue weighted by Crippen LogP contribution is 2.10. The van der Waals surface area contributed by atoms with Crippen LogP contribution in [0.15, 0.2) is 0 Å². The quantitative estimate of drug-likeness (QED) is 0.383. The second-order valence-corrected chi connectivity index (χ2v) is 9.87. The van der Waals surface area contributed by atoms with E-state index in [1.54, 1.807) is 0 Å². The van der Waals surface area contributed by atoms with Crippen molar-refractivity contribution in [3.8, 4) is 0 Å². The number of hydrogen-bond donors (Lipinski definition) is 0. The van der Waals surface area contributed by atoms with Crippen molar-refractivity contribution in [1.29, 1.82) is 0 Å². The lowest BCUT2D eigenvalue weighted by Crippen LogP contribution is -2.33. The summed E-state index contributed by atoms with van der Waals surface area (Å²) >= 11 is 0. The maximum absolute atomic E-state index is 11.6. The SMILES string of the molecule is COC(=O)CCCCCC(=O)[Si](C)(C)C. The van der Waals surface area contributed by atoms with Crippen LogP contribution in [0.1, 0.15) is 32.1 Å². The molecule has 0 aliphatic rings. The zero-order valence-corrected chi connectivity index (χ0v) is 11.3. The monoisotopic (exact) mass is 230 g/mol. The molecule has 0 aromatic heterocycles. The lowest BCUT2D eigenvalue weighted by atomic mass is 10.1. The van der Waals surface area contributed by atoms with Gasteiger partial charge in [-0.05, 0) is 12.8 Å². The van der Waals surface area contributed by atoms with Crippen LogP contribution >= 0.6 is 0 Å². The standard InChI is InChI=1S/C11H22O3Si/c1-14-10(12)8-6-5-7-9-11(13)15(2,3)4/h5-9H2,1-4H3. The molecule has 0 aliphatic heterocycles. The Labute approximate surface area is 93.2 Å². The molecule has 0 aromatic carbocycles. The fraction of sp³-hybridized carbons (Fsp3) is 0.818. The van der Waals surface area contributed by atoms with Crippen LogP contribution < -0.4 is 0 Å². The summed E-state index contributed by atoms with van der Waals surface area (Å²) in [5.74, 6) is -0.161. The zero-order valence-electron chi connectivity index (χ0n) is 10.3. The van der Waals surface area contributed by atoms with Gasteiger partial charge in [0.15, 0.2) is 0 Å². The van der Waals surface area contributed by atoms with Crippen LogP contribution in [0.2, 0.25) is 19.6 Å². The summed E-state index contributed by atoms with van der Waals surface area (Å²) < 4.78 is 4.53. The molecule has 0 heterocycles. The second kappa shape index (κ2) is 6.77. The van der Waals surface area contributed by atoms with Crippen LogP contribution in [-0.4, -0.2) is 26.6 Å². The van der Waals surface area contributed by atoms with Crippen LogP contribution in [0.25, 0.3) is 0 Å². The molecule has 0 bridgehead atoms. The molecular formula is C11H22O3Si. The minimum atomic E-state index is -1.58. The number of methoxy groups -OCH3 is 1. The van der Waals surface area contributed by atoms with Crippen molar-refractivity contribution in [1.82, 2.24) is 0 Å². The van der Waals surface area contributed by atoms with Gasteiger partial charge >= 0.3 is 5.97 Å². The Bertz CT molecular complexity index is 218. The zero-order chi connectivity index (χ0) is 11.9. The highest BCUT2D eigenvalue weighted by Gasteiger charge is 2.22. The molecule has 0 saturated carbocycles. The van der Waals surface area contributed by atoms with Gasteiger partial charge in [0.2, 0.25) is 0 Å². The average molecular weight is 230 g/mol. The molecule has 0 rings (SSSR count). The summed E-state index contributed by atoms with van der Waals surface area (Å²) in [6.45, 7) is 6.22. The molecule has 0 N–H and O–H groups in total. The van der Waals surface area contributed by atoms with E-state index in [1.807, 2.05) is 0 Å². The summed E-state index contributed by atoms with van der Waals surface area (Å²) in [4.78, 5) is 22.4. The van der Waals surface area contributed by atoms with Crippen LogP contribution in [0.3, 0.4) is 0 Å². The third kappa shape index (κ3) is 7.30. The van der Waals surface area contributed by atoms with E-state index in [-0.39, 0.29) is 5.97 Å². The average Bonchev–Trinajstić information content (AvgIpc) is 2.15. The van der Waals surface area contributed by atoms with Gasteiger partial charge in [-0.15, -0.1) is 0 Å². The van der Waals surface area contributed by atoms with Gasteiger partial charge < -0.3 is 9.53 Å².